The van der Waals surface area contributed by atoms with E-state index < -0.39 is 0 Å². The number of nitrogens with zero attached hydrogens (tertiary/aromatic N) is 2. The molecule has 0 radical (unpaired) electrons. The van der Waals surface area contributed by atoms with Crippen molar-refractivity contribution in [3.63, 3.8) is 0 Å². The van der Waals surface area contributed by atoms with Crippen LogP contribution in [0.1, 0.15) is 11.3 Å². The van der Waals surface area contributed by atoms with Gasteiger partial charge in [0.2, 0.25) is 5.91 Å². The van der Waals surface area contributed by atoms with E-state index in [-0.39, 0.29) is 5.91 Å². The number of para-hydroxylation sites is 1. The molecule has 2 aromatic carbocycles. The molecule has 1 amide bonds. The Hall–Kier alpha value is -2.63. The van der Waals surface area contributed by atoms with Crippen molar-refractivity contribution in [2.45, 2.75) is 13.1 Å². The number of benzene rings is 2. The van der Waals surface area contributed by atoms with Gasteiger partial charge in [-0.25, -0.2) is 0 Å². The Morgan fingerprint density at radius 2 is 1.92 bits per heavy atom. The minimum Gasteiger partial charge on any atom is -0.359 e. The van der Waals surface area contributed by atoms with Crippen LogP contribution in [0.5, 0.6) is 0 Å². The van der Waals surface area contributed by atoms with Crippen LogP contribution in [0.3, 0.4) is 0 Å². The lowest BCUT2D eigenvalue weighted by molar-refractivity contribution is -0.117. The second kappa shape index (κ2) is 6.70. The van der Waals surface area contributed by atoms with E-state index in [1.807, 2.05) is 59.5 Å². The summed E-state index contributed by atoms with van der Waals surface area (Å²) in [4.78, 5) is 14.1. The molecular formula is C19H16ClN3O2. The summed E-state index contributed by atoms with van der Waals surface area (Å²) < 4.78 is 5.46. The van der Waals surface area contributed by atoms with Crippen LogP contribution in [0.2, 0.25) is 5.02 Å². The van der Waals surface area contributed by atoms with Crippen molar-refractivity contribution in [3.8, 4) is 11.3 Å². The van der Waals surface area contributed by atoms with Crippen LogP contribution in [-0.4, -0.2) is 22.5 Å². The van der Waals surface area contributed by atoms with Crippen molar-refractivity contribution in [1.82, 2.24) is 10.1 Å². The summed E-state index contributed by atoms with van der Waals surface area (Å²) >= 11 is 5.92. The van der Waals surface area contributed by atoms with Crippen LogP contribution in [0.15, 0.2) is 59.1 Å². The van der Waals surface area contributed by atoms with Crippen molar-refractivity contribution in [3.05, 3.63) is 70.9 Å². The minimum atomic E-state index is -0.0256. The molecule has 0 bridgehead atoms. The number of hydrogen-bond acceptors (Lipinski definition) is 4. The van der Waals surface area contributed by atoms with Crippen LogP contribution in [0, 0.1) is 0 Å². The van der Waals surface area contributed by atoms with Gasteiger partial charge < -0.3 is 9.84 Å². The predicted molar refractivity (Wildman–Crippen MR) is 96.1 cm³/mol. The molecule has 0 saturated carbocycles. The maximum atomic E-state index is 12.1. The van der Waals surface area contributed by atoms with E-state index in [0.29, 0.717) is 24.7 Å². The second-order valence-corrected chi connectivity index (χ2v) is 6.47. The molecule has 1 N–H and O–H groups in total. The largest absolute Gasteiger partial charge is 0.359 e. The summed E-state index contributed by atoms with van der Waals surface area (Å²) in [5, 5.41) is 7.74. The third-order valence-corrected chi connectivity index (χ3v) is 4.38. The Balaban J connectivity index is 1.52. The standard InChI is InChI=1S/C19H16ClN3O2/c20-15-7-5-13(6-8-15)18-9-16(25-22-18)11-23-10-14-3-1-2-4-17(14)21-19(24)12-23/h1-9H,10-12H2,(H,21,24). The zero-order chi connectivity index (χ0) is 17.2. The first-order valence-electron chi connectivity index (χ1n) is 7.99. The second-order valence-electron chi connectivity index (χ2n) is 6.04. The van der Waals surface area contributed by atoms with Crippen molar-refractivity contribution < 1.29 is 9.32 Å². The van der Waals surface area contributed by atoms with Crippen molar-refractivity contribution in [1.29, 1.82) is 0 Å². The predicted octanol–water partition coefficient (Wildman–Crippen LogP) is 3.95. The monoisotopic (exact) mass is 353 g/mol. The molecule has 0 atom stereocenters. The van der Waals surface area contributed by atoms with E-state index >= 15 is 0 Å². The molecule has 1 aromatic heterocycles. The number of halogens is 1. The third-order valence-electron chi connectivity index (χ3n) is 4.13. The molecule has 5 nitrogen and oxygen atoms in total. The number of rotatable bonds is 3. The van der Waals surface area contributed by atoms with Gasteiger partial charge in [0.25, 0.3) is 0 Å². The third kappa shape index (κ3) is 3.57. The number of nitrogens with one attached hydrogen (secondary N) is 1. The molecule has 0 fully saturated rings. The number of carbonyl (C=O) groups excluding carboxylic acids is 1. The fraction of sp³-hybridized carbons (Fsp3) is 0.158. The molecule has 25 heavy (non-hydrogen) atoms. The van der Waals surface area contributed by atoms with Crippen molar-refractivity contribution in [2.24, 2.45) is 0 Å². The fourth-order valence-electron chi connectivity index (χ4n) is 2.95. The maximum Gasteiger partial charge on any atom is 0.238 e. The van der Waals surface area contributed by atoms with E-state index in [9.17, 15) is 4.79 Å². The molecule has 0 unspecified atom stereocenters. The van der Waals surface area contributed by atoms with E-state index in [1.54, 1.807) is 0 Å². The van der Waals surface area contributed by atoms with Gasteiger partial charge in [0.15, 0.2) is 5.76 Å². The first-order valence-corrected chi connectivity index (χ1v) is 8.37. The Bertz CT molecular complexity index is 905. The zero-order valence-electron chi connectivity index (χ0n) is 13.4. The first-order chi connectivity index (χ1) is 12.2. The van der Waals surface area contributed by atoms with Gasteiger partial charge in [0, 0.05) is 28.9 Å². The van der Waals surface area contributed by atoms with Crippen LogP contribution in [0.25, 0.3) is 11.3 Å². The van der Waals surface area contributed by atoms with Gasteiger partial charge in [-0.1, -0.05) is 47.1 Å². The number of fused-ring (bicyclic) bond motifs is 1. The van der Waals surface area contributed by atoms with Crippen LogP contribution in [0.4, 0.5) is 5.69 Å². The van der Waals surface area contributed by atoms with Crippen LogP contribution >= 0.6 is 11.6 Å². The lowest BCUT2D eigenvalue weighted by Gasteiger charge is -2.16. The highest BCUT2D eigenvalue weighted by molar-refractivity contribution is 6.30. The van der Waals surface area contributed by atoms with Crippen molar-refractivity contribution in [2.75, 3.05) is 11.9 Å². The van der Waals surface area contributed by atoms with Gasteiger partial charge in [-0.15, -0.1) is 0 Å². The van der Waals surface area contributed by atoms with E-state index in [1.165, 1.54) is 0 Å². The minimum absolute atomic E-state index is 0.0256. The number of hydrogen-bond donors (Lipinski definition) is 1. The molecule has 126 valence electrons. The molecule has 2 heterocycles. The summed E-state index contributed by atoms with van der Waals surface area (Å²) in [5.74, 6) is 0.694. The molecule has 0 spiro atoms. The topological polar surface area (TPSA) is 58.4 Å². The highest BCUT2D eigenvalue weighted by Gasteiger charge is 2.20. The molecule has 0 saturated heterocycles. The molecule has 0 aliphatic carbocycles. The van der Waals surface area contributed by atoms with E-state index in [4.69, 9.17) is 16.1 Å². The number of aromatic nitrogens is 1. The quantitative estimate of drug-likeness (QED) is 0.774. The average molecular weight is 354 g/mol. The molecule has 4 rings (SSSR count). The fourth-order valence-corrected chi connectivity index (χ4v) is 3.07. The maximum absolute atomic E-state index is 12.1. The lowest BCUT2D eigenvalue weighted by Crippen LogP contribution is -2.29. The molecule has 1 aliphatic rings. The Morgan fingerprint density at radius 3 is 2.76 bits per heavy atom. The summed E-state index contributed by atoms with van der Waals surface area (Å²) in [5.41, 5.74) is 3.66. The Morgan fingerprint density at radius 1 is 1.12 bits per heavy atom. The van der Waals surface area contributed by atoms with E-state index in [2.05, 4.69) is 10.5 Å². The van der Waals surface area contributed by atoms with E-state index in [0.717, 1.165) is 28.3 Å². The number of carbonyl (C=O) groups is 1. The smallest absolute Gasteiger partial charge is 0.238 e. The SMILES string of the molecule is O=C1CN(Cc2cc(-c3ccc(Cl)cc3)no2)Cc2ccccc2N1. The normalized spacial score (nSPS) is 14.7. The summed E-state index contributed by atoms with van der Waals surface area (Å²) in [6.45, 7) is 1.50. The zero-order valence-corrected chi connectivity index (χ0v) is 14.2. The summed E-state index contributed by atoms with van der Waals surface area (Å²) in [7, 11) is 0. The average Bonchev–Trinajstić information content (AvgIpc) is 2.98. The summed E-state index contributed by atoms with van der Waals surface area (Å²) in [6, 6.07) is 17.2. The van der Waals surface area contributed by atoms with Crippen LogP contribution in [-0.2, 0) is 17.9 Å². The summed E-state index contributed by atoms with van der Waals surface area (Å²) in [6.07, 6.45) is 0. The number of anilines is 1. The van der Waals surface area contributed by atoms with Gasteiger partial charge >= 0.3 is 0 Å². The van der Waals surface area contributed by atoms with Gasteiger partial charge in [0.05, 0.1) is 13.1 Å². The highest BCUT2D eigenvalue weighted by Crippen LogP contribution is 2.24. The molecule has 6 heteroatoms. The Labute approximate surface area is 150 Å². The first kappa shape index (κ1) is 15.9. The molecular weight excluding hydrogens is 338 g/mol. The van der Waals surface area contributed by atoms with Gasteiger partial charge in [-0.05, 0) is 23.8 Å². The number of amides is 1. The Kier molecular flexibility index (Phi) is 4.26. The van der Waals surface area contributed by atoms with Gasteiger partial charge in [-0.2, -0.15) is 0 Å². The van der Waals surface area contributed by atoms with Crippen molar-refractivity contribution >= 4 is 23.2 Å². The van der Waals surface area contributed by atoms with Gasteiger partial charge in [-0.3, -0.25) is 9.69 Å². The highest BCUT2D eigenvalue weighted by atomic mass is 35.5. The lowest BCUT2D eigenvalue weighted by atomic mass is 10.1. The molecule has 1 aliphatic heterocycles. The van der Waals surface area contributed by atoms with Crippen LogP contribution < -0.4 is 5.32 Å². The molecule has 3 aromatic rings. The van der Waals surface area contributed by atoms with Gasteiger partial charge in [0.1, 0.15) is 5.69 Å².